The van der Waals surface area contributed by atoms with Crippen LogP contribution in [0.4, 0.5) is 4.79 Å². The fraction of sp³-hybridized carbons (Fsp3) is 0.900. The summed E-state index contributed by atoms with van der Waals surface area (Å²) in [6.45, 7) is 7.36. The highest BCUT2D eigenvalue weighted by Crippen LogP contribution is 2.18. The Morgan fingerprint density at radius 3 is 2.13 bits per heavy atom. The van der Waals surface area contributed by atoms with Gasteiger partial charge in [0.25, 0.3) is 0 Å². The molecule has 0 saturated carbocycles. The zero-order chi connectivity index (χ0) is 11.6. The summed E-state index contributed by atoms with van der Waals surface area (Å²) >= 11 is 4.39. The van der Waals surface area contributed by atoms with E-state index in [1.165, 1.54) is 0 Å². The summed E-state index contributed by atoms with van der Waals surface area (Å²) in [5.74, 6) is 0. The third-order valence-electron chi connectivity index (χ3n) is 2.88. The highest BCUT2D eigenvalue weighted by atomic mass is 32.1. The lowest BCUT2D eigenvalue weighted by Gasteiger charge is -2.39. The molecule has 1 rings (SSSR count). The Labute approximate surface area is 97.6 Å². The molecule has 0 bridgehead atoms. The van der Waals surface area contributed by atoms with Crippen LogP contribution in [0.25, 0.3) is 0 Å². The molecule has 0 aromatic carbocycles. The number of rotatable bonds is 1. The van der Waals surface area contributed by atoms with Crippen LogP contribution in [0.15, 0.2) is 0 Å². The first-order chi connectivity index (χ1) is 6.82. The van der Waals surface area contributed by atoms with Gasteiger partial charge in [-0.05, 0) is 20.9 Å². The average molecular weight is 231 g/mol. The lowest BCUT2D eigenvalue weighted by molar-refractivity contribution is 0.118. The lowest BCUT2D eigenvalue weighted by atomic mass is 10.3. The summed E-state index contributed by atoms with van der Waals surface area (Å²) in [5.41, 5.74) is 0. The normalized spacial score (nSPS) is 19.1. The van der Waals surface area contributed by atoms with Crippen molar-refractivity contribution in [3.05, 3.63) is 0 Å². The number of likely N-dealkylation sites (N-methyl/N-ethyl adjacent to an activating group) is 1. The van der Waals surface area contributed by atoms with Crippen LogP contribution >= 0.6 is 12.6 Å². The van der Waals surface area contributed by atoms with Crippen LogP contribution in [0.3, 0.4) is 0 Å². The van der Waals surface area contributed by atoms with Crippen molar-refractivity contribution < 1.29 is 4.79 Å². The molecule has 2 amide bonds. The van der Waals surface area contributed by atoms with Gasteiger partial charge in [-0.2, -0.15) is 12.6 Å². The smallest absolute Gasteiger partial charge is 0.320 e. The molecule has 88 valence electrons. The van der Waals surface area contributed by atoms with Gasteiger partial charge in [0.15, 0.2) is 0 Å². The van der Waals surface area contributed by atoms with Crippen LogP contribution in [0.2, 0.25) is 0 Å². The molecule has 0 aromatic rings. The zero-order valence-electron chi connectivity index (χ0n) is 10.0. The number of carbonyl (C=O) groups is 1. The maximum Gasteiger partial charge on any atom is 0.320 e. The second kappa shape index (κ2) is 4.61. The predicted molar refractivity (Wildman–Crippen MR) is 65.3 cm³/mol. The van der Waals surface area contributed by atoms with Crippen molar-refractivity contribution in [2.45, 2.75) is 18.7 Å². The fourth-order valence-electron chi connectivity index (χ4n) is 1.44. The van der Waals surface area contributed by atoms with E-state index in [1.807, 2.05) is 18.7 Å². The third kappa shape index (κ3) is 3.28. The van der Waals surface area contributed by atoms with E-state index in [1.54, 1.807) is 11.9 Å². The average Bonchev–Trinajstić information content (AvgIpc) is 2.15. The Hall–Kier alpha value is -0.420. The van der Waals surface area contributed by atoms with Crippen LogP contribution < -0.4 is 0 Å². The molecule has 0 atom stereocenters. The van der Waals surface area contributed by atoms with Gasteiger partial charge in [0.1, 0.15) is 0 Å². The summed E-state index contributed by atoms with van der Waals surface area (Å²) in [7, 11) is 3.88. The molecule has 1 saturated heterocycles. The number of nitrogens with zero attached hydrogens (tertiary/aromatic N) is 3. The van der Waals surface area contributed by atoms with Crippen LogP contribution in [-0.2, 0) is 0 Å². The third-order valence-corrected chi connectivity index (χ3v) is 3.18. The topological polar surface area (TPSA) is 26.8 Å². The quantitative estimate of drug-likeness (QED) is 0.537. The molecule has 0 aliphatic carbocycles. The van der Waals surface area contributed by atoms with Gasteiger partial charge in [0, 0.05) is 33.2 Å². The molecule has 0 radical (unpaired) electrons. The molecule has 1 heterocycles. The molecule has 15 heavy (non-hydrogen) atoms. The van der Waals surface area contributed by atoms with Gasteiger partial charge in [-0.3, -0.25) is 0 Å². The van der Waals surface area contributed by atoms with Gasteiger partial charge >= 0.3 is 6.03 Å². The van der Waals surface area contributed by atoms with Crippen molar-refractivity contribution in [2.75, 3.05) is 40.3 Å². The largest absolute Gasteiger partial charge is 0.322 e. The molecule has 1 aliphatic heterocycles. The second-order valence-electron chi connectivity index (χ2n) is 4.63. The minimum Gasteiger partial charge on any atom is -0.322 e. The zero-order valence-corrected chi connectivity index (χ0v) is 10.9. The molecule has 1 fully saturated rings. The second-order valence-corrected chi connectivity index (χ2v) is 5.72. The number of hydrogen-bond donors (Lipinski definition) is 1. The van der Waals surface area contributed by atoms with Crippen molar-refractivity contribution in [2.24, 2.45) is 0 Å². The van der Waals surface area contributed by atoms with E-state index in [-0.39, 0.29) is 6.03 Å². The number of piperazine rings is 1. The first kappa shape index (κ1) is 12.6. The molecular weight excluding hydrogens is 210 g/mol. The van der Waals surface area contributed by atoms with Gasteiger partial charge in [-0.1, -0.05) is 0 Å². The first-order valence-corrected chi connectivity index (χ1v) is 5.71. The van der Waals surface area contributed by atoms with Gasteiger partial charge in [-0.15, -0.1) is 0 Å². The van der Waals surface area contributed by atoms with Gasteiger partial charge in [0.05, 0.1) is 4.87 Å². The van der Waals surface area contributed by atoms with E-state index in [0.29, 0.717) is 0 Å². The van der Waals surface area contributed by atoms with E-state index in [9.17, 15) is 4.79 Å². The molecule has 4 nitrogen and oxygen atoms in total. The summed E-state index contributed by atoms with van der Waals surface area (Å²) in [6.07, 6.45) is 0. The number of amides is 2. The number of urea groups is 1. The molecular formula is C10H21N3OS. The maximum atomic E-state index is 12.0. The van der Waals surface area contributed by atoms with Crippen LogP contribution in [0, 0.1) is 0 Å². The summed E-state index contributed by atoms with van der Waals surface area (Å²) in [6, 6.07) is 0.0723. The number of carbonyl (C=O) groups excluding carboxylic acids is 1. The van der Waals surface area contributed by atoms with Crippen molar-refractivity contribution in [1.82, 2.24) is 14.7 Å². The summed E-state index contributed by atoms with van der Waals surface area (Å²) in [4.78, 5) is 17.4. The Balaban J connectivity index is 2.54. The standard InChI is InChI=1S/C10H21N3OS/c1-10(2,15)12(4)9(14)13-7-5-11(3)6-8-13/h15H,5-8H2,1-4H3. The highest BCUT2D eigenvalue weighted by molar-refractivity contribution is 7.81. The van der Waals surface area contributed by atoms with E-state index < -0.39 is 4.87 Å². The molecule has 0 unspecified atom stereocenters. The van der Waals surface area contributed by atoms with Crippen LogP contribution in [0.5, 0.6) is 0 Å². The Morgan fingerprint density at radius 2 is 1.73 bits per heavy atom. The van der Waals surface area contributed by atoms with Crippen molar-refractivity contribution in [3.8, 4) is 0 Å². The van der Waals surface area contributed by atoms with Crippen LogP contribution in [-0.4, -0.2) is 65.9 Å². The summed E-state index contributed by atoms with van der Waals surface area (Å²) in [5, 5.41) is 0. The monoisotopic (exact) mass is 231 g/mol. The Kier molecular flexibility index (Phi) is 3.89. The minimum atomic E-state index is -0.402. The maximum absolute atomic E-state index is 12.0. The Bertz CT molecular complexity index is 231. The minimum absolute atomic E-state index is 0.0723. The van der Waals surface area contributed by atoms with E-state index in [2.05, 4.69) is 24.6 Å². The molecule has 0 aromatic heterocycles. The Morgan fingerprint density at radius 1 is 1.27 bits per heavy atom. The molecule has 5 heteroatoms. The molecule has 0 spiro atoms. The SMILES string of the molecule is CN1CCN(C(=O)N(C)C(C)(C)S)CC1. The van der Waals surface area contributed by atoms with Crippen molar-refractivity contribution >= 4 is 18.7 Å². The number of thiol groups is 1. The first-order valence-electron chi connectivity index (χ1n) is 5.26. The van der Waals surface area contributed by atoms with Crippen LogP contribution in [0.1, 0.15) is 13.8 Å². The fourth-order valence-corrected chi connectivity index (χ4v) is 1.53. The van der Waals surface area contributed by atoms with Gasteiger partial charge < -0.3 is 14.7 Å². The van der Waals surface area contributed by atoms with E-state index in [4.69, 9.17) is 0 Å². The predicted octanol–water partition coefficient (Wildman–Crippen LogP) is 0.951. The molecule has 0 N–H and O–H groups in total. The van der Waals surface area contributed by atoms with Crippen molar-refractivity contribution in [1.29, 1.82) is 0 Å². The lowest BCUT2D eigenvalue weighted by Crippen LogP contribution is -2.54. The van der Waals surface area contributed by atoms with E-state index >= 15 is 0 Å². The van der Waals surface area contributed by atoms with Gasteiger partial charge in [0.2, 0.25) is 0 Å². The summed E-state index contributed by atoms with van der Waals surface area (Å²) < 4.78 is 0. The number of hydrogen-bond acceptors (Lipinski definition) is 3. The van der Waals surface area contributed by atoms with E-state index in [0.717, 1.165) is 26.2 Å². The molecule has 1 aliphatic rings. The highest BCUT2D eigenvalue weighted by Gasteiger charge is 2.28. The van der Waals surface area contributed by atoms with Crippen molar-refractivity contribution in [3.63, 3.8) is 0 Å². The van der Waals surface area contributed by atoms with Gasteiger partial charge in [-0.25, -0.2) is 4.79 Å².